The lowest BCUT2D eigenvalue weighted by Crippen LogP contribution is -2.30. The van der Waals surface area contributed by atoms with Crippen LogP contribution in [0.3, 0.4) is 0 Å². The van der Waals surface area contributed by atoms with Crippen molar-refractivity contribution < 1.29 is 4.79 Å². The van der Waals surface area contributed by atoms with Gasteiger partial charge in [0.05, 0.1) is 0 Å². The zero-order valence-electron chi connectivity index (χ0n) is 11.5. The van der Waals surface area contributed by atoms with E-state index in [4.69, 9.17) is 0 Å². The summed E-state index contributed by atoms with van der Waals surface area (Å²) in [7, 11) is 0. The van der Waals surface area contributed by atoms with E-state index in [1.807, 2.05) is 18.2 Å². The average molecular weight is 273 g/mol. The van der Waals surface area contributed by atoms with Crippen LogP contribution in [0.5, 0.6) is 0 Å². The molecule has 6 nitrogen and oxygen atoms in total. The highest BCUT2D eigenvalue weighted by Crippen LogP contribution is 2.12. The molecule has 0 unspecified atom stereocenters. The molecule has 0 atom stereocenters. The number of benzene rings is 1. The standard InChI is InChI=1S/C14H19N5O/c1-2-19(12-7-4-3-5-8-12)10-6-9-15-14(20)13-16-11-17-18-13/h3-5,7-8,11H,2,6,9-10H2,1H3,(H,15,20)(H,16,17,18). The molecule has 0 saturated carbocycles. The first-order valence-corrected chi connectivity index (χ1v) is 6.75. The van der Waals surface area contributed by atoms with Gasteiger partial charge in [-0.1, -0.05) is 18.2 Å². The van der Waals surface area contributed by atoms with Gasteiger partial charge < -0.3 is 10.2 Å². The summed E-state index contributed by atoms with van der Waals surface area (Å²) in [5, 5.41) is 9.00. The summed E-state index contributed by atoms with van der Waals surface area (Å²) in [6.45, 7) is 4.58. The van der Waals surface area contributed by atoms with Crippen LogP contribution in [0.25, 0.3) is 0 Å². The molecule has 0 spiro atoms. The van der Waals surface area contributed by atoms with Gasteiger partial charge in [-0.25, -0.2) is 4.98 Å². The summed E-state index contributed by atoms with van der Waals surface area (Å²) in [6.07, 6.45) is 2.20. The number of hydrogen-bond donors (Lipinski definition) is 2. The zero-order chi connectivity index (χ0) is 14.2. The summed E-state index contributed by atoms with van der Waals surface area (Å²) in [6, 6.07) is 10.3. The molecule has 0 aliphatic carbocycles. The second kappa shape index (κ2) is 7.28. The highest BCUT2D eigenvalue weighted by molar-refractivity contribution is 5.90. The van der Waals surface area contributed by atoms with E-state index in [-0.39, 0.29) is 11.7 Å². The van der Waals surface area contributed by atoms with Gasteiger partial charge in [0.15, 0.2) is 0 Å². The second-order valence-electron chi connectivity index (χ2n) is 4.36. The van der Waals surface area contributed by atoms with Crippen molar-refractivity contribution in [1.82, 2.24) is 20.5 Å². The van der Waals surface area contributed by atoms with E-state index in [1.54, 1.807) is 0 Å². The molecule has 6 heteroatoms. The van der Waals surface area contributed by atoms with E-state index in [1.165, 1.54) is 12.0 Å². The van der Waals surface area contributed by atoms with Gasteiger partial charge in [0.25, 0.3) is 5.91 Å². The van der Waals surface area contributed by atoms with Crippen LogP contribution in [0, 0.1) is 0 Å². The molecule has 0 bridgehead atoms. The molecule has 0 aliphatic rings. The number of carbonyl (C=O) groups is 1. The maximum absolute atomic E-state index is 11.6. The molecule has 2 rings (SSSR count). The van der Waals surface area contributed by atoms with Crippen molar-refractivity contribution in [3.63, 3.8) is 0 Å². The molecule has 0 aliphatic heterocycles. The third-order valence-electron chi connectivity index (χ3n) is 3.02. The van der Waals surface area contributed by atoms with E-state index < -0.39 is 0 Å². The van der Waals surface area contributed by atoms with Crippen molar-refractivity contribution in [2.24, 2.45) is 0 Å². The maximum atomic E-state index is 11.6. The third kappa shape index (κ3) is 3.81. The van der Waals surface area contributed by atoms with Gasteiger partial charge in [-0.3, -0.25) is 9.89 Å². The molecule has 1 aromatic carbocycles. The van der Waals surface area contributed by atoms with Crippen molar-refractivity contribution in [3.05, 3.63) is 42.5 Å². The molecule has 20 heavy (non-hydrogen) atoms. The van der Waals surface area contributed by atoms with Crippen LogP contribution in [-0.2, 0) is 0 Å². The van der Waals surface area contributed by atoms with Crippen LogP contribution in [0.2, 0.25) is 0 Å². The van der Waals surface area contributed by atoms with Crippen LogP contribution in [0.15, 0.2) is 36.7 Å². The number of amides is 1. The first-order valence-electron chi connectivity index (χ1n) is 6.75. The maximum Gasteiger partial charge on any atom is 0.288 e. The second-order valence-corrected chi connectivity index (χ2v) is 4.36. The third-order valence-corrected chi connectivity index (χ3v) is 3.02. The molecule has 0 saturated heterocycles. The lowest BCUT2D eigenvalue weighted by atomic mass is 10.2. The SMILES string of the molecule is CCN(CCCNC(=O)c1ncn[nH]1)c1ccccc1. The van der Waals surface area contributed by atoms with Gasteiger partial charge in [-0.15, -0.1) is 0 Å². The molecule has 106 valence electrons. The number of H-pyrrole nitrogens is 1. The van der Waals surface area contributed by atoms with E-state index in [2.05, 4.69) is 44.5 Å². The number of nitrogens with one attached hydrogen (secondary N) is 2. The first kappa shape index (κ1) is 14.0. The summed E-state index contributed by atoms with van der Waals surface area (Å²) in [5.74, 6) is 0.0330. The minimum absolute atomic E-state index is 0.217. The molecule has 1 heterocycles. The smallest absolute Gasteiger partial charge is 0.288 e. The minimum Gasteiger partial charge on any atom is -0.372 e. The fraction of sp³-hybridized carbons (Fsp3) is 0.357. The largest absolute Gasteiger partial charge is 0.372 e. The number of aromatic nitrogens is 3. The number of aromatic amines is 1. The Morgan fingerprint density at radius 2 is 2.15 bits per heavy atom. The molecule has 0 fully saturated rings. The van der Waals surface area contributed by atoms with Crippen LogP contribution in [-0.4, -0.2) is 40.7 Å². The Morgan fingerprint density at radius 3 is 2.80 bits per heavy atom. The molecule has 1 amide bonds. The molecular weight excluding hydrogens is 254 g/mol. The Bertz CT molecular complexity index is 512. The number of nitrogens with zero attached hydrogens (tertiary/aromatic N) is 3. The number of rotatable bonds is 7. The first-order chi connectivity index (χ1) is 9.81. The Labute approximate surface area is 118 Å². The van der Waals surface area contributed by atoms with Gasteiger partial charge in [0.1, 0.15) is 6.33 Å². The molecular formula is C14H19N5O. The van der Waals surface area contributed by atoms with Crippen LogP contribution >= 0.6 is 0 Å². The van der Waals surface area contributed by atoms with E-state index in [0.29, 0.717) is 6.54 Å². The Balaban J connectivity index is 1.73. The summed E-state index contributed by atoms with van der Waals surface area (Å²) in [5.41, 5.74) is 1.21. The lowest BCUT2D eigenvalue weighted by molar-refractivity contribution is 0.0943. The minimum atomic E-state index is -0.217. The van der Waals surface area contributed by atoms with Crippen molar-refractivity contribution >= 4 is 11.6 Å². The van der Waals surface area contributed by atoms with Crippen LogP contribution in [0.4, 0.5) is 5.69 Å². The Morgan fingerprint density at radius 1 is 1.35 bits per heavy atom. The summed E-state index contributed by atoms with van der Waals surface area (Å²) >= 11 is 0. The number of anilines is 1. The molecule has 2 N–H and O–H groups in total. The zero-order valence-corrected chi connectivity index (χ0v) is 11.5. The fourth-order valence-electron chi connectivity index (χ4n) is 1.98. The van der Waals surface area contributed by atoms with Gasteiger partial charge in [-0.2, -0.15) is 5.10 Å². The van der Waals surface area contributed by atoms with E-state index in [0.717, 1.165) is 19.5 Å². The number of para-hydroxylation sites is 1. The summed E-state index contributed by atoms with van der Waals surface area (Å²) in [4.78, 5) is 17.7. The van der Waals surface area contributed by atoms with Crippen molar-refractivity contribution in [2.75, 3.05) is 24.5 Å². The van der Waals surface area contributed by atoms with E-state index >= 15 is 0 Å². The quantitative estimate of drug-likeness (QED) is 0.749. The van der Waals surface area contributed by atoms with Gasteiger partial charge in [0.2, 0.25) is 5.82 Å². The van der Waals surface area contributed by atoms with Gasteiger partial charge >= 0.3 is 0 Å². The molecule has 2 aromatic rings. The predicted octanol–water partition coefficient (Wildman–Crippen LogP) is 1.45. The fourth-order valence-corrected chi connectivity index (χ4v) is 1.98. The highest BCUT2D eigenvalue weighted by Gasteiger charge is 2.08. The van der Waals surface area contributed by atoms with Crippen molar-refractivity contribution in [2.45, 2.75) is 13.3 Å². The number of carbonyl (C=O) groups excluding carboxylic acids is 1. The van der Waals surface area contributed by atoms with E-state index in [9.17, 15) is 4.79 Å². The summed E-state index contributed by atoms with van der Waals surface area (Å²) < 4.78 is 0. The Kier molecular flexibility index (Phi) is 5.11. The normalized spacial score (nSPS) is 10.2. The van der Waals surface area contributed by atoms with Crippen LogP contribution < -0.4 is 10.2 Å². The topological polar surface area (TPSA) is 73.9 Å². The van der Waals surface area contributed by atoms with Gasteiger partial charge in [-0.05, 0) is 25.5 Å². The molecule has 0 radical (unpaired) electrons. The highest BCUT2D eigenvalue weighted by atomic mass is 16.2. The van der Waals surface area contributed by atoms with Crippen molar-refractivity contribution in [3.8, 4) is 0 Å². The lowest BCUT2D eigenvalue weighted by Gasteiger charge is -2.23. The van der Waals surface area contributed by atoms with Crippen LogP contribution in [0.1, 0.15) is 24.0 Å². The molecule has 1 aromatic heterocycles. The predicted molar refractivity (Wildman–Crippen MR) is 77.7 cm³/mol. The monoisotopic (exact) mass is 273 g/mol. The number of hydrogen-bond acceptors (Lipinski definition) is 4. The average Bonchev–Trinajstić information content (AvgIpc) is 3.02. The van der Waals surface area contributed by atoms with Gasteiger partial charge in [0, 0.05) is 25.3 Å². The Hall–Kier alpha value is -2.37. The van der Waals surface area contributed by atoms with Crippen molar-refractivity contribution in [1.29, 1.82) is 0 Å².